The van der Waals surface area contributed by atoms with E-state index in [1.807, 2.05) is 0 Å². The Morgan fingerprint density at radius 1 is 0.789 bits per heavy atom. The Kier molecular flexibility index (Phi) is 11.4. The van der Waals surface area contributed by atoms with E-state index >= 15 is 0 Å². The molecule has 114 valence electrons. The van der Waals surface area contributed by atoms with Crippen LogP contribution in [0.5, 0.6) is 0 Å². The molecule has 0 aromatic rings. The minimum atomic E-state index is 0.864. The molecule has 0 aromatic carbocycles. The summed E-state index contributed by atoms with van der Waals surface area (Å²) >= 11 is 0. The fourth-order valence-electron chi connectivity index (χ4n) is 2.84. The van der Waals surface area contributed by atoms with Gasteiger partial charge in [0.15, 0.2) is 0 Å². The summed E-state index contributed by atoms with van der Waals surface area (Å²) in [5.74, 6) is 3.58. The van der Waals surface area contributed by atoms with Crippen molar-refractivity contribution in [3.05, 3.63) is 12.7 Å². The molecule has 0 saturated heterocycles. The molecule has 0 saturated carbocycles. The van der Waals surface area contributed by atoms with E-state index in [4.69, 9.17) is 0 Å². The topological polar surface area (TPSA) is 0 Å². The van der Waals surface area contributed by atoms with Gasteiger partial charge in [0.25, 0.3) is 0 Å². The van der Waals surface area contributed by atoms with Crippen LogP contribution in [-0.2, 0) is 0 Å². The average Bonchev–Trinajstić information content (AvgIpc) is 2.41. The van der Waals surface area contributed by atoms with Gasteiger partial charge in [-0.1, -0.05) is 79.2 Å². The first-order valence-corrected chi connectivity index (χ1v) is 8.64. The largest absolute Gasteiger partial charge is 0.103 e. The summed E-state index contributed by atoms with van der Waals surface area (Å²) in [5.41, 5.74) is 0. The molecule has 4 unspecified atom stereocenters. The van der Waals surface area contributed by atoms with Gasteiger partial charge in [-0.25, -0.2) is 0 Å². The summed E-state index contributed by atoms with van der Waals surface area (Å²) in [6.45, 7) is 15.8. The highest BCUT2D eigenvalue weighted by molar-refractivity contribution is 4.74. The van der Waals surface area contributed by atoms with Crippen molar-refractivity contribution in [2.75, 3.05) is 0 Å². The molecule has 4 atom stereocenters. The molecule has 0 aliphatic carbocycles. The summed E-state index contributed by atoms with van der Waals surface area (Å²) < 4.78 is 0. The lowest BCUT2D eigenvalue weighted by atomic mass is 9.85. The Hall–Kier alpha value is -0.260. The molecule has 0 heterocycles. The van der Waals surface area contributed by atoms with Gasteiger partial charge in [0, 0.05) is 0 Å². The zero-order valence-corrected chi connectivity index (χ0v) is 14.3. The van der Waals surface area contributed by atoms with Crippen molar-refractivity contribution in [2.24, 2.45) is 23.7 Å². The normalized spacial score (nSPS) is 17.7. The Morgan fingerprint density at radius 3 is 1.79 bits per heavy atom. The zero-order chi connectivity index (χ0) is 14.7. The predicted molar refractivity (Wildman–Crippen MR) is 89.5 cm³/mol. The lowest BCUT2D eigenvalue weighted by Gasteiger charge is -2.20. The second kappa shape index (κ2) is 11.6. The molecular weight excluding hydrogens is 228 g/mol. The smallest absolute Gasteiger partial charge is 0.0325 e. The van der Waals surface area contributed by atoms with Crippen molar-refractivity contribution < 1.29 is 0 Å². The maximum atomic E-state index is 3.88. The number of hydrogen-bond acceptors (Lipinski definition) is 0. The van der Waals surface area contributed by atoms with Gasteiger partial charge in [-0.3, -0.25) is 0 Å². The van der Waals surface area contributed by atoms with Crippen LogP contribution in [0.15, 0.2) is 12.7 Å². The van der Waals surface area contributed by atoms with Crippen LogP contribution >= 0.6 is 0 Å². The third kappa shape index (κ3) is 10.2. The molecule has 19 heavy (non-hydrogen) atoms. The van der Waals surface area contributed by atoms with E-state index in [1.54, 1.807) is 0 Å². The van der Waals surface area contributed by atoms with Crippen molar-refractivity contribution in [3.63, 3.8) is 0 Å². The molecule has 0 nitrogen and oxygen atoms in total. The highest BCUT2D eigenvalue weighted by Crippen LogP contribution is 2.26. The van der Waals surface area contributed by atoms with Gasteiger partial charge < -0.3 is 0 Å². The van der Waals surface area contributed by atoms with Gasteiger partial charge in [-0.15, -0.1) is 6.58 Å². The molecule has 0 N–H and O–H groups in total. The van der Waals surface area contributed by atoms with Crippen molar-refractivity contribution >= 4 is 0 Å². The Morgan fingerprint density at radius 2 is 1.32 bits per heavy atom. The Bertz CT molecular complexity index is 206. The molecule has 0 bridgehead atoms. The highest BCUT2D eigenvalue weighted by Gasteiger charge is 2.12. The van der Waals surface area contributed by atoms with Crippen LogP contribution in [0.25, 0.3) is 0 Å². The molecule has 0 radical (unpaired) electrons. The Labute approximate surface area is 123 Å². The molecule has 0 heteroatoms. The van der Waals surface area contributed by atoms with E-state index in [1.165, 1.54) is 51.4 Å². The summed E-state index contributed by atoms with van der Waals surface area (Å²) in [6, 6.07) is 0. The van der Waals surface area contributed by atoms with E-state index in [0.717, 1.165) is 23.7 Å². The fraction of sp³-hybridized carbons (Fsp3) is 0.895. The second-order valence-corrected chi connectivity index (χ2v) is 6.91. The monoisotopic (exact) mass is 266 g/mol. The Balaban J connectivity index is 3.75. The van der Waals surface area contributed by atoms with Gasteiger partial charge in [0.2, 0.25) is 0 Å². The van der Waals surface area contributed by atoms with E-state index in [2.05, 4.69) is 47.3 Å². The van der Waals surface area contributed by atoms with E-state index in [0.29, 0.717) is 0 Å². The SMILES string of the molecule is C=CCC(CC)CC(C)CCC(C)CCC(C)CC. The van der Waals surface area contributed by atoms with E-state index in [-0.39, 0.29) is 0 Å². The summed E-state index contributed by atoms with van der Waals surface area (Å²) in [7, 11) is 0. The van der Waals surface area contributed by atoms with Gasteiger partial charge in [-0.05, 0) is 36.5 Å². The fourth-order valence-corrected chi connectivity index (χ4v) is 2.84. The van der Waals surface area contributed by atoms with Crippen LogP contribution in [0.3, 0.4) is 0 Å². The number of allylic oxidation sites excluding steroid dienone is 1. The first-order chi connectivity index (χ1) is 9.03. The van der Waals surface area contributed by atoms with Crippen molar-refractivity contribution in [1.82, 2.24) is 0 Å². The van der Waals surface area contributed by atoms with Crippen LogP contribution in [0.1, 0.15) is 86.0 Å². The standard InChI is InChI=1S/C19H38/c1-7-10-19(9-3)15-18(6)14-13-17(5)12-11-16(4)8-2/h7,16-19H,1,8-15H2,2-6H3. The van der Waals surface area contributed by atoms with Crippen LogP contribution in [0, 0.1) is 23.7 Å². The molecule has 0 aliphatic rings. The van der Waals surface area contributed by atoms with Gasteiger partial charge in [0.1, 0.15) is 0 Å². The highest BCUT2D eigenvalue weighted by atomic mass is 14.2. The molecule has 0 fully saturated rings. The lowest BCUT2D eigenvalue weighted by Crippen LogP contribution is -2.07. The van der Waals surface area contributed by atoms with Crippen LogP contribution in [0.2, 0.25) is 0 Å². The van der Waals surface area contributed by atoms with Crippen LogP contribution in [-0.4, -0.2) is 0 Å². The first kappa shape index (κ1) is 18.7. The summed E-state index contributed by atoms with van der Waals surface area (Å²) in [6.07, 6.45) is 13.0. The van der Waals surface area contributed by atoms with Gasteiger partial charge >= 0.3 is 0 Å². The summed E-state index contributed by atoms with van der Waals surface area (Å²) in [5, 5.41) is 0. The van der Waals surface area contributed by atoms with Crippen molar-refractivity contribution in [3.8, 4) is 0 Å². The van der Waals surface area contributed by atoms with Crippen LogP contribution in [0.4, 0.5) is 0 Å². The second-order valence-electron chi connectivity index (χ2n) is 6.91. The molecule has 0 spiro atoms. The minimum absolute atomic E-state index is 0.864. The molecule has 0 amide bonds. The van der Waals surface area contributed by atoms with Crippen LogP contribution < -0.4 is 0 Å². The number of rotatable bonds is 12. The maximum Gasteiger partial charge on any atom is -0.0325 e. The quantitative estimate of drug-likeness (QED) is 0.338. The van der Waals surface area contributed by atoms with Gasteiger partial charge in [-0.2, -0.15) is 0 Å². The third-order valence-corrected chi connectivity index (χ3v) is 4.81. The summed E-state index contributed by atoms with van der Waals surface area (Å²) in [4.78, 5) is 0. The predicted octanol–water partition coefficient (Wildman–Crippen LogP) is 6.86. The molecular formula is C19H38. The third-order valence-electron chi connectivity index (χ3n) is 4.81. The molecule has 0 aromatic heterocycles. The lowest BCUT2D eigenvalue weighted by molar-refractivity contribution is 0.326. The van der Waals surface area contributed by atoms with E-state index < -0.39 is 0 Å². The number of hydrogen-bond donors (Lipinski definition) is 0. The molecule has 0 aliphatic heterocycles. The van der Waals surface area contributed by atoms with Crippen molar-refractivity contribution in [1.29, 1.82) is 0 Å². The first-order valence-electron chi connectivity index (χ1n) is 8.64. The van der Waals surface area contributed by atoms with E-state index in [9.17, 15) is 0 Å². The van der Waals surface area contributed by atoms with Gasteiger partial charge in [0.05, 0.1) is 0 Å². The maximum absolute atomic E-state index is 3.88. The zero-order valence-electron chi connectivity index (χ0n) is 14.3. The minimum Gasteiger partial charge on any atom is -0.103 e. The molecule has 0 rings (SSSR count). The average molecular weight is 267 g/mol. The van der Waals surface area contributed by atoms with Crippen molar-refractivity contribution in [2.45, 2.75) is 86.0 Å².